The van der Waals surface area contributed by atoms with E-state index in [1.54, 1.807) is 11.3 Å². The van der Waals surface area contributed by atoms with Gasteiger partial charge in [-0.05, 0) is 17.4 Å². The summed E-state index contributed by atoms with van der Waals surface area (Å²) in [5.74, 6) is 0.101. The lowest BCUT2D eigenvalue weighted by molar-refractivity contribution is -0.123. The van der Waals surface area contributed by atoms with Crippen molar-refractivity contribution in [3.63, 3.8) is 0 Å². The van der Waals surface area contributed by atoms with Crippen molar-refractivity contribution in [2.75, 3.05) is 6.54 Å². The van der Waals surface area contributed by atoms with Crippen LogP contribution in [0.2, 0.25) is 0 Å². The van der Waals surface area contributed by atoms with Gasteiger partial charge in [0.15, 0.2) is 0 Å². The van der Waals surface area contributed by atoms with Crippen LogP contribution in [0.25, 0.3) is 0 Å². The summed E-state index contributed by atoms with van der Waals surface area (Å²) in [5.41, 5.74) is 5.76. The Labute approximate surface area is 107 Å². The van der Waals surface area contributed by atoms with Gasteiger partial charge >= 0.3 is 0 Å². The Morgan fingerprint density at radius 3 is 2.65 bits per heavy atom. The quantitative estimate of drug-likeness (QED) is 0.845. The van der Waals surface area contributed by atoms with Crippen LogP contribution in [0, 0.1) is 5.92 Å². The molecule has 1 amide bonds. The third kappa shape index (κ3) is 3.82. The van der Waals surface area contributed by atoms with Gasteiger partial charge in [-0.1, -0.05) is 33.8 Å². The molecule has 0 spiro atoms. The Morgan fingerprint density at radius 2 is 2.18 bits per heavy atom. The molecule has 1 heterocycles. The summed E-state index contributed by atoms with van der Waals surface area (Å²) in [6.07, 6.45) is 0. The van der Waals surface area contributed by atoms with Gasteiger partial charge in [-0.25, -0.2) is 0 Å². The number of rotatable bonds is 5. The van der Waals surface area contributed by atoms with Gasteiger partial charge in [0.05, 0.1) is 6.04 Å². The number of hydrogen-bond acceptors (Lipinski definition) is 3. The minimum absolute atomic E-state index is 0.0411. The summed E-state index contributed by atoms with van der Waals surface area (Å²) < 4.78 is 0. The lowest BCUT2D eigenvalue weighted by Gasteiger charge is -2.25. The van der Waals surface area contributed by atoms with Crippen LogP contribution in [0.5, 0.6) is 0 Å². The van der Waals surface area contributed by atoms with E-state index in [1.165, 1.54) is 4.88 Å². The Bertz CT molecular complexity index is 358. The lowest BCUT2D eigenvalue weighted by atomic mass is 9.91. The molecule has 1 aromatic heterocycles. The van der Waals surface area contributed by atoms with E-state index in [-0.39, 0.29) is 17.2 Å². The van der Waals surface area contributed by atoms with Crippen molar-refractivity contribution in [1.29, 1.82) is 0 Å². The molecule has 0 radical (unpaired) electrons. The molecule has 0 aliphatic heterocycles. The molecule has 0 unspecified atom stereocenters. The summed E-state index contributed by atoms with van der Waals surface area (Å²) in [6, 6.07) is 3.71. The molecule has 0 aliphatic carbocycles. The molecule has 0 saturated carbocycles. The number of amides is 1. The number of carbonyl (C=O) groups is 1. The highest BCUT2D eigenvalue weighted by Gasteiger charge is 2.24. The molecule has 4 heteroatoms. The Hall–Kier alpha value is -0.870. The fraction of sp³-hybridized carbons (Fsp3) is 0.615. The summed E-state index contributed by atoms with van der Waals surface area (Å²) in [4.78, 5) is 13.0. The fourth-order valence-electron chi connectivity index (χ4n) is 1.48. The molecular weight excluding hydrogens is 232 g/mol. The zero-order chi connectivity index (χ0) is 13.1. The summed E-state index contributed by atoms with van der Waals surface area (Å²) in [5, 5.41) is 4.99. The molecule has 1 atom stereocenters. The number of nitrogens with two attached hydrogens (primary N) is 1. The lowest BCUT2D eigenvalue weighted by Crippen LogP contribution is -2.47. The van der Waals surface area contributed by atoms with Gasteiger partial charge in [-0.2, -0.15) is 0 Å². The van der Waals surface area contributed by atoms with E-state index in [0.717, 1.165) is 0 Å². The van der Waals surface area contributed by atoms with Crippen LogP contribution in [0.15, 0.2) is 17.5 Å². The highest BCUT2D eigenvalue weighted by Crippen LogP contribution is 2.26. The first kappa shape index (κ1) is 14.2. The standard InChI is InChI=1S/C13H22N2OS/c1-9(2)11(14)12(16)15-8-13(3,4)10-6-5-7-17-10/h5-7,9,11H,8,14H2,1-4H3,(H,15,16)/t11-/m1/s1. The van der Waals surface area contributed by atoms with E-state index in [2.05, 4.69) is 30.6 Å². The SMILES string of the molecule is CC(C)[C@@H](N)C(=O)NCC(C)(C)c1cccs1. The van der Waals surface area contributed by atoms with E-state index in [4.69, 9.17) is 5.73 Å². The van der Waals surface area contributed by atoms with E-state index in [9.17, 15) is 4.79 Å². The van der Waals surface area contributed by atoms with E-state index < -0.39 is 6.04 Å². The van der Waals surface area contributed by atoms with Crippen LogP contribution < -0.4 is 11.1 Å². The molecule has 3 nitrogen and oxygen atoms in total. The predicted octanol–water partition coefficient (Wildman–Crippen LogP) is 2.13. The average molecular weight is 254 g/mol. The first-order valence-electron chi connectivity index (χ1n) is 5.92. The van der Waals surface area contributed by atoms with Crippen LogP contribution in [0.4, 0.5) is 0 Å². The Morgan fingerprint density at radius 1 is 1.53 bits per heavy atom. The van der Waals surface area contributed by atoms with Crippen LogP contribution >= 0.6 is 11.3 Å². The molecule has 0 bridgehead atoms. The summed E-state index contributed by atoms with van der Waals surface area (Å²) >= 11 is 1.71. The monoisotopic (exact) mass is 254 g/mol. The molecule has 0 fully saturated rings. The smallest absolute Gasteiger partial charge is 0.237 e. The zero-order valence-corrected chi connectivity index (χ0v) is 11.8. The maximum atomic E-state index is 11.8. The van der Waals surface area contributed by atoms with Crippen LogP contribution in [0.3, 0.4) is 0 Å². The maximum absolute atomic E-state index is 11.8. The molecule has 17 heavy (non-hydrogen) atoms. The predicted molar refractivity (Wildman–Crippen MR) is 73.2 cm³/mol. The maximum Gasteiger partial charge on any atom is 0.237 e. The van der Waals surface area contributed by atoms with E-state index in [1.807, 2.05) is 19.9 Å². The summed E-state index contributed by atoms with van der Waals surface area (Å²) in [7, 11) is 0. The second-order valence-corrected chi connectivity index (χ2v) is 6.30. The number of thiophene rings is 1. The molecule has 0 saturated heterocycles. The zero-order valence-electron chi connectivity index (χ0n) is 11.0. The summed E-state index contributed by atoms with van der Waals surface area (Å²) in [6.45, 7) is 8.77. The second-order valence-electron chi connectivity index (χ2n) is 5.35. The number of nitrogens with one attached hydrogen (secondary N) is 1. The van der Waals surface area contributed by atoms with Crippen molar-refractivity contribution in [1.82, 2.24) is 5.32 Å². The molecule has 96 valence electrons. The topological polar surface area (TPSA) is 55.1 Å². The Kier molecular flexibility index (Phi) is 4.71. The largest absolute Gasteiger partial charge is 0.354 e. The van der Waals surface area contributed by atoms with Crippen LogP contribution in [-0.2, 0) is 10.2 Å². The van der Waals surface area contributed by atoms with Gasteiger partial charge in [-0.3, -0.25) is 4.79 Å². The molecule has 0 aromatic carbocycles. The normalized spacial score (nSPS) is 13.8. The third-order valence-corrected chi connectivity index (χ3v) is 4.15. The van der Waals surface area contributed by atoms with Crippen molar-refractivity contribution in [2.24, 2.45) is 11.7 Å². The molecule has 0 aliphatic rings. The van der Waals surface area contributed by atoms with Gasteiger partial charge in [0.2, 0.25) is 5.91 Å². The third-order valence-electron chi connectivity index (χ3n) is 2.91. The minimum atomic E-state index is -0.422. The van der Waals surface area contributed by atoms with Gasteiger partial charge < -0.3 is 11.1 Å². The molecule has 1 rings (SSSR count). The van der Waals surface area contributed by atoms with E-state index >= 15 is 0 Å². The Balaban J connectivity index is 2.53. The van der Waals surface area contributed by atoms with Crippen molar-refractivity contribution in [3.05, 3.63) is 22.4 Å². The van der Waals surface area contributed by atoms with Gasteiger partial charge in [0, 0.05) is 16.8 Å². The minimum Gasteiger partial charge on any atom is -0.354 e. The fourth-order valence-corrected chi connectivity index (χ4v) is 2.33. The highest BCUT2D eigenvalue weighted by molar-refractivity contribution is 7.10. The first-order valence-corrected chi connectivity index (χ1v) is 6.80. The molecule has 3 N–H and O–H groups in total. The number of carbonyl (C=O) groups excluding carboxylic acids is 1. The van der Waals surface area contributed by atoms with Gasteiger partial charge in [0.25, 0.3) is 0 Å². The second kappa shape index (κ2) is 5.65. The van der Waals surface area contributed by atoms with E-state index in [0.29, 0.717) is 6.54 Å². The van der Waals surface area contributed by atoms with Gasteiger partial charge in [0.1, 0.15) is 0 Å². The number of hydrogen-bond donors (Lipinski definition) is 2. The van der Waals surface area contributed by atoms with Crippen LogP contribution in [0.1, 0.15) is 32.6 Å². The molecular formula is C13H22N2OS. The molecule has 1 aromatic rings. The van der Waals surface area contributed by atoms with Crippen molar-refractivity contribution in [3.8, 4) is 0 Å². The van der Waals surface area contributed by atoms with Crippen molar-refractivity contribution >= 4 is 17.2 Å². The van der Waals surface area contributed by atoms with Gasteiger partial charge in [-0.15, -0.1) is 11.3 Å². The van der Waals surface area contributed by atoms with Crippen molar-refractivity contribution < 1.29 is 4.79 Å². The highest BCUT2D eigenvalue weighted by atomic mass is 32.1. The first-order chi connectivity index (χ1) is 7.84. The van der Waals surface area contributed by atoms with Crippen molar-refractivity contribution in [2.45, 2.75) is 39.2 Å². The van der Waals surface area contributed by atoms with Crippen LogP contribution in [-0.4, -0.2) is 18.5 Å². The average Bonchev–Trinajstić information content (AvgIpc) is 2.78.